The van der Waals surface area contributed by atoms with Gasteiger partial charge in [-0.25, -0.2) is 4.79 Å². The summed E-state index contributed by atoms with van der Waals surface area (Å²) in [6.07, 6.45) is 0.682. The number of ether oxygens (including phenoxy) is 2. The van der Waals surface area contributed by atoms with Gasteiger partial charge >= 0.3 is 5.97 Å². The summed E-state index contributed by atoms with van der Waals surface area (Å²) in [4.78, 5) is 12.6. The second-order valence-corrected chi connectivity index (χ2v) is 4.41. The first-order valence-electron chi connectivity index (χ1n) is 5.25. The maximum absolute atomic E-state index is 11.9. The van der Waals surface area contributed by atoms with Crippen molar-refractivity contribution in [1.82, 2.24) is 0 Å². The highest BCUT2D eigenvalue weighted by molar-refractivity contribution is 7.80. The number of carbonyl (C=O) groups excluding carboxylic acids is 1. The summed E-state index contributed by atoms with van der Waals surface area (Å²) < 4.78 is 10.5. The van der Waals surface area contributed by atoms with Crippen molar-refractivity contribution in [2.24, 2.45) is 0 Å². The van der Waals surface area contributed by atoms with Crippen LogP contribution in [0, 0.1) is 6.92 Å². The van der Waals surface area contributed by atoms with Crippen LogP contribution in [0.2, 0.25) is 0 Å². The number of hydrogen-bond donors (Lipinski definition) is 1. The van der Waals surface area contributed by atoms with Crippen LogP contribution < -0.4 is 0 Å². The molecule has 1 aromatic carbocycles. The third-order valence-electron chi connectivity index (χ3n) is 2.60. The number of esters is 1. The lowest BCUT2D eigenvalue weighted by Crippen LogP contribution is -2.18. The highest BCUT2D eigenvalue weighted by Gasteiger charge is 2.21. The van der Waals surface area contributed by atoms with Crippen molar-refractivity contribution >= 4 is 18.6 Å². The van der Waals surface area contributed by atoms with E-state index < -0.39 is 0 Å². The number of thiol groups is 1. The molecule has 4 heteroatoms. The molecule has 0 aliphatic carbocycles. The molecule has 1 aromatic rings. The van der Waals surface area contributed by atoms with E-state index in [-0.39, 0.29) is 12.1 Å². The minimum Gasteiger partial charge on any atom is -0.456 e. The molecule has 16 heavy (non-hydrogen) atoms. The van der Waals surface area contributed by atoms with Crippen LogP contribution in [-0.4, -0.2) is 25.3 Å². The molecule has 0 aromatic heterocycles. The van der Waals surface area contributed by atoms with Crippen molar-refractivity contribution in [3.63, 3.8) is 0 Å². The minimum absolute atomic E-state index is 0.101. The topological polar surface area (TPSA) is 35.5 Å². The molecule has 1 fully saturated rings. The molecule has 1 saturated heterocycles. The van der Waals surface area contributed by atoms with E-state index in [1.807, 2.05) is 19.1 Å². The zero-order valence-electron chi connectivity index (χ0n) is 9.10. The van der Waals surface area contributed by atoms with Crippen LogP contribution in [0.3, 0.4) is 0 Å². The summed E-state index contributed by atoms with van der Waals surface area (Å²) in [7, 11) is 0. The van der Waals surface area contributed by atoms with E-state index in [9.17, 15) is 4.79 Å². The first-order valence-corrected chi connectivity index (χ1v) is 5.70. The van der Waals surface area contributed by atoms with Gasteiger partial charge in [-0.15, -0.1) is 12.6 Å². The Morgan fingerprint density at radius 2 is 2.38 bits per heavy atom. The van der Waals surface area contributed by atoms with Gasteiger partial charge in [0.2, 0.25) is 0 Å². The Morgan fingerprint density at radius 3 is 3.06 bits per heavy atom. The second-order valence-electron chi connectivity index (χ2n) is 3.89. The summed E-state index contributed by atoms with van der Waals surface area (Å²) >= 11 is 4.21. The Kier molecular flexibility index (Phi) is 3.51. The summed E-state index contributed by atoms with van der Waals surface area (Å²) in [6.45, 7) is 3.06. The number of benzene rings is 1. The van der Waals surface area contributed by atoms with Gasteiger partial charge in [-0.3, -0.25) is 0 Å². The maximum Gasteiger partial charge on any atom is 0.338 e. The molecular formula is C12H14O3S. The number of carbonyl (C=O) groups is 1. The molecule has 0 radical (unpaired) electrons. The third kappa shape index (κ3) is 2.57. The number of hydrogen-bond acceptors (Lipinski definition) is 4. The van der Waals surface area contributed by atoms with E-state index >= 15 is 0 Å². The monoisotopic (exact) mass is 238 g/mol. The fourth-order valence-electron chi connectivity index (χ4n) is 1.65. The molecular weight excluding hydrogens is 224 g/mol. The van der Waals surface area contributed by atoms with E-state index in [1.54, 1.807) is 6.07 Å². The lowest BCUT2D eigenvalue weighted by molar-refractivity contribution is 0.0269. The maximum atomic E-state index is 11.9. The van der Waals surface area contributed by atoms with Gasteiger partial charge in [-0.2, -0.15) is 0 Å². The Balaban J connectivity index is 2.10. The van der Waals surface area contributed by atoms with E-state index in [1.165, 1.54) is 0 Å². The lowest BCUT2D eigenvalue weighted by atomic mass is 10.1. The molecule has 0 saturated carbocycles. The molecule has 1 atom stereocenters. The third-order valence-corrected chi connectivity index (χ3v) is 2.88. The Morgan fingerprint density at radius 1 is 1.56 bits per heavy atom. The summed E-state index contributed by atoms with van der Waals surface area (Å²) in [6, 6.07) is 5.45. The predicted octanol–water partition coefficient (Wildman–Crippen LogP) is 2.23. The molecule has 2 rings (SSSR count). The van der Waals surface area contributed by atoms with Gasteiger partial charge in [-0.1, -0.05) is 6.07 Å². The standard InChI is InChI=1S/C12H14O3S/c1-8-2-3-10(16)6-11(8)12(13)15-9-4-5-14-7-9/h2-3,6,9,16H,4-5,7H2,1H3. The largest absolute Gasteiger partial charge is 0.456 e. The fourth-order valence-corrected chi connectivity index (χ4v) is 1.85. The Labute approximate surface area is 100 Å². The van der Waals surface area contributed by atoms with Crippen molar-refractivity contribution in [1.29, 1.82) is 0 Å². The molecule has 1 unspecified atom stereocenters. The van der Waals surface area contributed by atoms with E-state index in [2.05, 4.69) is 12.6 Å². The van der Waals surface area contributed by atoms with Gasteiger partial charge in [0, 0.05) is 11.3 Å². The molecule has 86 valence electrons. The first-order chi connectivity index (χ1) is 7.66. The zero-order chi connectivity index (χ0) is 11.5. The normalized spacial score (nSPS) is 19.8. The highest BCUT2D eigenvalue weighted by Crippen LogP contribution is 2.17. The van der Waals surface area contributed by atoms with Gasteiger partial charge in [-0.05, 0) is 24.6 Å². The molecule has 0 spiro atoms. The zero-order valence-corrected chi connectivity index (χ0v) is 10.00. The van der Waals surface area contributed by atoms with Crippen LogP contribution >= 0.6 is 12.6 Å². The first kappa shape index (κ1) is 11.5. The second kappa shape index (κ2) is 4.89. The Hall–Kier alpha value is -1.00. The van der Waals surface area contributed by atoms with Crippen LogP contribution in [0.15, 0.2) is 23.1 Å². The number of aryl methyl sites for hydroxylation is 1. The van der Waals surface area contributed by atoms with Crippen molar-refractivity contribution in [2.75, 3.05) is 13.2 Å². The fraction of sp³-hybridized carbons (Fsp3) is 0.417. The molecule has 1 aliphatic heterocycles. The predicted molar refractivity (Wildman–Crippen MR) is 63.1 cm³/mol. The van der Waals surface area contributed by atoms with Crippen LogP contribution in [-0.2, 0) is 9.47 Å². The van der Waals surface area contributed by atoms with E-state index in [4.69, 9.17) is 9.47 Å². The minimum atomic E-state index is -0.288. The van der Waals surface area contributed by atoms with Gasteiger partial charge in [0.05, 0.1) is 18.8 Å². The lowest BCUT2D eigenvalue weighted by Gasteiger charge is -2.11. The molecule has 0 N–H and O–H groups in total. The van der Waals surface area contributed by atoms with Crippen molar-refractivity contribution in [3.05, 3.63) is 29.3 Å². The van der Waals surface area contributed by atoms with E-state index in [0.29, 0.717) is 18.8 Å². The van der Waals surface area contributed by atoms with Crippen LogP contribution in [0.25, 0.3) is 0 Å². The van der Waals surface area contributed by atoms with Crippen LogP contribution in [0.5, 0.6) is 0 Å². The number of rotatable bonds is 2. The molecule has 1 aliphatic rings. The van der Waals surface area contributed by atoms with Gasteiger partial charge in [0.1, 0.15) is 6.10 Å². The van der Waals surface area contributed by atoms with Gasteiger partial charge < -0.3 is 9.47 Å². The van der Waals surface area contributed by atoms with Crippen LogP contribution in [0.1, 0.15) is 22.3 Å². The molecule has 1 heterocycles. The van der Waals surface area contributed by atoms with Gasteiger partial charge in [0.15, 0.2) is 0 Å². The summed E-state index contributed by atoms with van der Waals surface area (Å²) in [5.74, 6) is -0.288. The van der Waals surface area contributed by atoms with Gasteiger partial charge in [0.25, 0.3) is 0 Å². The quantitative estimate of drug-likeness (QED) is 0.634. The van der Waals surface area contributed by atoms with Crippen molar-refractivity contribution in [2.45, 2.75) is 24.3 Å². The molecule has 0 bridgehead atoms. The highest BCUT2D eigenvalue weighted by atomic mass is 32.1. The van der Waals surface area contributed by atoms with Crippen molar-refractivity contribution < 1.29 is 14.3 Å². The average molecular weight is 238 g/mol. The SMILES string of the molecule is Cc1ccc(S)cc1C(=O)OC1CCOC1. The molecule has 0 amide bonds. The smallest absolute Gasteiger partial charge is 0.338 e. The Bertz CT molecular complexity index is 397. The summed E-state index contributed by atoms with van der Waals surface area (Å²) in [5.41, 5.74) is 1.49. The average Bonchev–Trinajstić information content (AvgIpc) is 2.74. The van der Waals surface area contributed by atoms with E-state index in [0.717, 1.165) is 16.9 Å². The molecule has 3 nitrogen and oxygen atoms in total. The summed E-state index contributed by atoms with van der Waals surface area (Å²) in [5, 5.41) is 0. The van der Waals surface area contributed by atoms with Crippen molar-refractivity contribution in [3.8, 4) is 0 Å². The van der Waals surface area contributed by atoms with Crippen LogP contribution in [0.4, 0.5) is 0 Å².